The lowest BCUT2D eigenvalue weighted by atomic mass is 9.98. The van der Waals surface area contributed by atoms with Crippen molar-refractivity contribution < 1.29 is 18.7 Å². The van der Waals surface area contributed by atoms with Crippen LogP contribution in [0.4, 0.5) is 10.1 Å². The van der Waals surface area contributed by atoms with Crippen LogP contribution in [0.2, 0.25) is 0 Å². The van der Waals surface area contributed by atoms with E-state index in [9.17, 15) is 9.18 Å². The van der Waals surface area contributed by atoms with Crippen molar-refractivity contribution in [2.45, 2.75) is 12.8 Å². The van der Waals surface area contributed by atoms with E-state index in [4.69, 9.17) is 9.47 Å². The Morgan fingerprint density at radius 2 is 2.05 bits per heavy atom. The highest BCUT2D eigenvalue weighted by Gasteiger charge is 2.21. The predicted molar refractivity (Wildman–Crippen MR) is 76.3 cm³/mol. The molecule has 3 rings (SSSR count). The van der Waals surface area contributed by atoms with E-state index in [1.807, 2.05) is 0 Å². The van der Waals surface area contributed by atoms with Crippen molar-refractivity contribution in [2.75, 3.05) is 38.4 Å². The summed E-state index contributed by atoms with van der Waals surface area (Å²) in [6.07, 6.45) is 1.65. The molecule has 2 heterocycles. The lowest BCUT2D eigenvalue weighted by molar-refractivity contribution is -0.117. The molecule has 0 aromatic heterocycles. The van der Waals surface area contributed by atoms with Crippen LogP contribution in [0.1, 0.15) is 12.8 Å². The molecule has 0 spiro atoms. The van der Waals surface area contributed by atoms with Gasteiger partial charge >= 0.3 is 0 Å². The third kappa shape index (κ3) is 3.44. The van der Waals surface area contributed by atoms with Gasteiger partial charge in [0.05, 0.1) is 13.2 Å². The van der Waals surface area contributed by atoms with Gasteiger partial charge in [-0.3, -0.25) is 14.1 Å². The van der Waals surface area contributed by atoms with Crippen LogP contribution in [-0.2, 0) is 4.79 Å². The molecule has 1 N–H and O–H groups in total. The Morgan fingerprint density at radius 1 is 1.29 bits per heavy atom. The van der Waals surface area contributed by atoms with Gasteiger partial charge in [-0.25, -0.2) is 0 Å². The third-order valence-corrected chi connectivity index (χ3v) is 3.95. The highest BCUT2D eigenvalue weighted by Crippen LogP contribution is 2.34. The van der Waals surface area contributed by atoms with Gasteiger partial charge in [-0.15, -0.1) is 0 Å². The van der Waals surface area contributed by atoms with Crippen LogP contribution in [0, 0.1) is 5.92 Å². The molecule has 21 heavy (non-hydrogen) atoms. The van der Waals surface area contributed by atoms with E-state index in [-0.39, 0.29) is 25.3 Å². The Bertz CT molecular complexity index is 516. The van der Waals surface area contributed by atoms with Gasteiger partial charge < -0.3 is 14.8 Å². The summed E-state index contributed by atoms with van der Waals surface area (Å²) >= 11 is 0. The second-order valence-electron chi connectivity index (χ2n) is 5.49. The van der Waals surface area contributed by atoms with Crippen molar-refractivity contribution in [2.24, 2.45) is 5.92 Å². The molecule has 2 aliphatic heterocycles. The van der Waals surface area contributed by atoms with Crippen molar-refractivity contribution in [3.63, 3.8) is 0 Å². The molecule has 0 radical (unpaired) electrons. The summed E-state index contributed by atoms with van der Waals surface area (Å²) in [5, 5.41) is 2.85. The normalized spacial score (nSPS) is 18.7. The summed E-state index contributed by atoms with van der Waals surface area (Å²) in [4.78, 5) is 14.1. The maximum atomic E-state index is 12.5. The second kappa shape index (κ2) is 6.30. The maximum absolute atomic E-state index is 12.5. The van der Waals surface area contributed by atoms with Gasteiger partial charge in [-0.1, -0.05) is 0 Å². The SMILES string of the molecule is O=C(CN1CCC(CF)CC1)Nc1ccc2c(c1)OCO2. The van der Waals surface area contributed by atoms with Crippen LogP contribution >= 0.6 is 0 Å². The molecular weight excluding hydrogens is 275 g/mol. The number of ether oxygens (including phenoxy) is 2. The van der Waals surface area contributed by atoms with E-state index in [2.05, 4.69) is 10.2 Å². The summed E-state index contributed by atoms with van der Waals surface area (Å²) in [6, 6.07) is 5.33. The van der Waals surface area contributed by atoms with Crippen LogP contribution in [0.25, 0.3) is 0 Å². The number of hydrogen-bond donors (Lipinski definition) is 1. The summed E-state index contributed by atoms with van der Waals surface area (Å²) in [7, 11) is 0. The Hall–Kier alpha value is -1.82. The van der Waals surface area contributed by atoms with E-state index in [1.54, 1.807) is 18.2 Å². The zero-order chi connectivity index (χ0) is 14.7. The van der Waals surface area contributed by atoms with E-state index in [0.717, 1.165) is 25.9 Å². The summed E-state index contributed by atoms with van der Waals surface area (Å²) < 4.78 is 23.0. The fourth-order valence-corrected chi connectivity index (χ4v) is 2.68. The molecule has 0 bridgehead atoms. The fraction of sp³-hybridized carbons (Fsp3) is 0.533. The minimum Gasteiger partial charge on any atom is -0.454 e. The molecule has 1 amide bonds. The van der Waals surface area contributed by atoms with E-state index in [1.165, 1.54) is 0 Å². The van der Waals surface area contributed by atoms with Gasteiger partial charge in [0.2, 0.25) is 12.7 Å². The predicted octanol–water partition coefficient (Wildman–Crippen LogP) is 2.04. The number of amides is 1. The highest BCUT2D eigenvalue weighted by molar-refractivity contribution is 5.92. The Balaban J connectivity index is 1.50. The topological polar surface area (TPSA) is 50.8 Å². The number of nitrogens with one attached hydrogen (secondary N) is 1. The van der Waals surface area contributed by atoms with Gasteiger partial charge in [0.1, 0.15) is 0 Å². The molecule has 0 aliphatic carbocycles. The van der Waals surface area contributed by atoms with Gasteiger partial charge in [0.25, 0.3) is 0 Å². The molecule has 2 aliphatic rings. The zero-order valence-electron chi connectivity index (χ0n) is 11.8. The van der Waals surface area contributed by atoms with Crippen molar-refractivity contribution in [1.29, 1.82) is 0 Å². The number of benzene rings is 1. The minimum absolute atomic E-state index is 0.0624. The van der Waals surface area contributed by atoms with Crippen LogP contribution in [0.5, 0.6) is 11.5 Å². The second-order valence-corrected chi connectivity index (χ2v) is 5.49. The number of rotatable bonds is 4. The standard InChI is InChI=1S/C15H19FN2O3/c16-8-11-3-5-18(6-4-11)9-15(19)17-12-1-2-13-14(7-12)21-10-20-13/h1-2,7,11H,3-6,8-10H2,(H,17,19). The average molecular weight is 294 g/mol. The molecular formula is C15H19FN2O3. The lowest BCUT2D eigenvalue weighted by Crippen LogP contribution is -2.39. The summed E-state index contributed by atoms with van der Waals surface area (Å²) in [6.45, 7) is 1.87. The number of anilines is 1. The molecule has 1 saturated heterocycles. The molecule has 1 aromatic rings. The first-order valence-electron chi connectivity index (χ1n) is 7.22. The van der Waals surface area contributed by atoms with Crippen molar-refractivity contribution >= 4 is 11.6 Å². The molecule has 0 atom stereocenters. The average Bonchev–Trinajstić information content (AvgIpc) is 2.95. The lowest BCUT2D eigenvalue weighted by Gasteiger charge is -2.29. The first-order valence-corrected chi connectivity index (χ1v) is 7.22. The largest absolute Gasteiger partial charge is 0.454 e. The number of nitrogens with zero attached hydrogens (tertiary/aromatic N) is 1. The number of likely N-dealkylation sites (tertiary alicyclic amines) is 1. The number of alkyl halides is 1. The van der Waals surface area contributed by atoms with Crippen molar-refractivity contribution in [3.8, 4) is 11.5 Å². The quantitative estimate of drug-likeness (QED) is 0.923. The van der Waals surface area contributed by atoms with Crippen molar-refractivity contribution in [1.82, 2.24) is 4.90 Å². The number of fused-ring (bicyclic) bond motifs is 1. The van der Waals surface area contributed by atoms with Gasteiger partial charge in [-0.2, -0.15) is 0 Å². The summed E-state index contributed by atoms with van der Waals surface area (Å²) in [5.74, 6) is 1.45. The van der Waals surface area contributed by atoms with E-state index < -0.39 is 0 Å². The Morgan fingerprint density at radius 3 is 2.81 bits per heavy atom. The molecule has 1 aromatic carbocycles. The number of piperidine rings is 1. The van der Waals surface area contributed by atoms with E-state index >= 15 is 0 Å². The Labute approximate surface area is 123 Å². The minimum atomic E-state index is -0.253. The molecule has 0 saturated carbocycles. The number of hydrogen-bond acceptors (Lipinski definition) is 4. The first kappa shape index (κ1) is 14.1. The molecule has 114 valence electrons. The van der Waals surface area contributed by atoms with Gasteiger partial charge in [0, 0.05) is 11.8 Å². The summed E-state index contributed by atoms with van der Waals surface area (Å²) in [5.41, 5.74) is 0.697. The first-order chi connectivity index (χ1) is 10.2. The molecule has 5 nitrogen and oxygen atoms in total. The van der Waals surface area contributed by atoms with Crippen molar-refractivity contribution in [3.05, 3.63) is 18.2 Å². The third-order valence-electron chi connectivity index (χ3n) is 3.95. The number of carbonyl (C=O) groups excluding carboxylic acids is 1. The Kier molecular flexibility index (Phi) is 4.24. The van der Waals surface area contributed by atoms with Crippen LogP contribution in [-0.4, -0.2) is 43.9 Å². The van der Waals surface area contributed by atoms with Gasteiger partial charge in [-0.05, 0) is 44.0 Å². The van der Waals surface area contributed by atoms with Crippen LogP contribution in [0.3, 0.4) is 0 Å². The maximum Gasteiger partial charge on any atom is 0.238 e. The van der Waals surface area contributed by atoms with Gasteiger partial charge in [0.15, 0.2) is 11.5 Å². The molecule has 6 heteroatoms. The zero-order valence-corrected chi connectivity index (χ0v) is 11.8. The van der Waals surface area contributed by atoms with Crippen LogP contribution < -0.4 is 14.8 Å². The van der Waals surface area contributed by atoms with E-state index in [0.29, 0.717) is 23.7 Å². The smallest absolute Gasteiger partial charge is 0.238 e. The molecule has 1 fully saturated rings. The van der Waals surface area contributed by atoms with Crippen LogP contribution in [0.15, 0.2) is 18.2 Å². The number of carbonyl (C=O) groups is 1. The highest BCUT2D eigenvalue weighted by atomic mass is 19.1. The monoisotopic (exact) mass is 294 g/mol. The number of halogens is 1. The fourth-order valence-electron chi connectivity index (χ4n) is 2.68. The molecule has 0 unspecified atom stereocenters.